The zero-order chi connectivity index (χ0) is 21.2. The van der Waals surface area contributed by atoms with Crippen molar-refractivity contribution in [2.45, 2.75) is 19.8 Å². The minimum atomic E-state index is -1.82. The summed E-state index contributed by atoms with van der Waals surface area (Å²) in [6, 6.07) is 8.18. The molecule has 29 heavy (non-hydrogen) atoms. The van der Waals surface area contributed by atoms with Gasteiger partial charge in [-0.15, -0.1) is 0 Å². The molecule has 1 amide bonds. The fourth-order valence-corrected chi connectivity index (χ4v) is 3.49. The number of benzene rings is 1. The maximum absolute atomic E-state index is 12.6. The Kier molecular flexibility index (Phi) is 8.72. The molecule has 2 aliphatic heterocycles. The molecule has 0 bridgehead atoms. The Bertz CT molecular complexity index is 685. The molecule has 0 saturated carbocycles. The lowest BCUT2D eigenvalue weighted by Crippen LogP contribution is -2.51. The first-order valence-electron chi connectivity index (χ1n) is 9.86. The van der Waals surface area contributed by atoms with Gasteiger partial charge in [-0.1, -0.05) is 12.1 Å². The van der Waals surface area contributed by atoms with Gasteiger partial charge in [-0.05, 0) is 45.0 Å². The number of carboxylic acid groups (broad SMARTS) is 2. The van der Waals surface area contributed by atoms with E-state index in [-0.39, 0.29) is 5.92 Å². The van der Waals surface area contributed by atoms with Crippen molar-refractivity contribution in [3.8, 4) is 5.75 Å². The molecule has 0 radical (unpaired) electrons. The van der Waals surface area contributed by atoms with Crippen molar-refractivity contribution in [1.29, 1.82) is 0 Å². The van der Waals surface area contributed by atoms with Crippen molar-refractivity contribution in [2.24, 2.45) is 5.92 Å². The third-order valence-corrected chi connectivity index (χ3v) is 4.97. The van der Waals surface area contributed by atoms with E-state index in [1.807, 2.05) is 25.1 Å². The van der Waals surface area contributed by atoms with Gasteiger partial charge in [-0.3, -0.25) is 4.79 Å². The number of piperidine rings is 1. The van der Waals surface area contributed by atoms with E-state index in [2.05, 4.69) is 21.2 Å². The van der Waals surface area contributed by atoms with E-state index in [1.54, 1.807) is 0 Å². The first-order chi connectivity index (χ1) is 13.9. The third kappa shape index (κ3) is 6.63. The molecule has 160 valence electrons. The van der Waals surface area contributed by atoms with Crippen molar-refractivity contribution in [3.63, 3.8) is 0 Å². The van der Waals surface area contributed by atoms with Gasteiger partial charge in [0.2, 0.25) is 5.91 Å². The summed E-state index contributed by atoms with van der Waals surface area (Å²) in [5.74, 6) is -2.14. The Morgan fingerprint density at radius 1 is 1.03 bits per heavy atom. The number of nitrogens with one attached hydrogen (secondary N) is 1. The van der Waals surface area contributed by atoms with Gasteiger partial charge in [0.05, 0.1) is 12.3 Å². The fourth-order valence-electron chi connectivity index (χ4n) is 3.49. The lowest BCUT2D eigenvalue weighted by atomic mass is 9.96. The van der Waals surface area contributed by atoms with Crippen molar-refractivity contribution < 1.29 is 29.3 Å². The number of rotatable bonds is 4. The molecule has 2 fully saturated rings. The van der Waals surface area contributed by atoms with Gasteiger partial charge in [0.1, 0.15) is 5.75 Å². The molecular weight excluding hydrogens is 378 g/mol. The molecule has 0 aromatic heterocycles. The van der Waals surface area contributed by atoms with Crippen molar-refractivity contribution in [3.05, 3.63) is 24.3 Å². The van der Waals surface area contributed by atoms with E-state index < -0.39 is 11.9 Å². The maximum Gasteiger partial charge on any atom is 0.414 e. The Morgan fingerprint density at radius 3 is 2.17 bits per heavy atom. The lowest BCUT2D eigenvalue weighted by molar-refractivity contribution is -0.159. The number of hydrogen-bond donors (Lipinski definition) is 3. The number of aliphatic carboxylic acids is 2. The zero-order valence-electron chi connectivity index (χ0n) is 16.7. The van der Waals surface area contributed by atoms with Crippen LogP contribution in [-0.4, -0.2) is 78.8 Å². The van der Waals surface area contributed by atoms with Crippen LogP contribution in [0.1, 0.15) is 19.8 Å². The van der Waals surface area contributed by atoms with Gasteiger partial charge >= 0.3 is 11.9 Å². The van der Waals surface area contributed by atoms with Gasteiger partial charge < -0.3 is 30.1 Å². The normalized spacial score (nSPS) is 17.1. The summed E-state index contributed by atoms with van der Waals surface area (Å²) in [5.41, 5.74) is 1.14. The first kappa shape index (κ1) is 22.5. The molecule has 0 aliphatic carbocycles. The van der Waals surface area contributed by atoms with E-state index in [1.165, 1.54) is 0 Å². The number of piperazine rings is 1. The average Bonchev–Trinajstić information content (AvgIpc) is 2.75. The Labute approximate surface area is 170 Å². The third-order valence-electron chi connectivity index (χ3n) is 4.97. The maximum atomic E-state index is 12.6. The van der Waals surface area contributed by atoms with Gasteiger partial charge in [0.25, 0.3) is 0 Å². The first-order valence-corrected chi connectivity index (χ1v) is 9.86. The number of carbonyl (C=O) groups excluding carboxylic acids is 1. The molecule has 0 spiro atoms. The molecule has 2 saturated heterocycles. The fraction of sp³-hybridized carbons (Fsp3) is 0.550. The summed E-state index contributed by atoms with van der Waals surface area (Å²) in [7, 11) is 0. The van der Waals surface area contributed by atoms with Crippen molar-refractivity contribution in [2.75, 3.05) is 50.8 Å². The van der Waals surface area contributed by atoms with Crippen LogP contribution in [0, 0.1) is 5.92 Å². The van der Waals surface area contributed by atoms with E-state index in [9.17, 15) is 4.79 Å². The minimum absolute atomic E-state index is 0.221. The molecule has 9 nitrogen and oxygen atoms in total. The number of hydrogen-bond acceptors (Lipinski definition) is 6. The second-order valence-electron chi connectivity index (χ2n) is 6.85. The van der Waals surface area contributed by atoms with E-state index >= 15 is 0 Å². The topological polar surface area (TPSA) is 119 Å². The van der Waals surface area contributed by atoms with Crippen molar-refractivity contribution >= 4 is 23.5 Å². The second kappa shape index (κ2) is 11.3. The number of para-hydroxylation sites is 2. The highest BCUT2D eigenvalue weighted by molar-refractivity contribution is 6.27. The average molecular weight is 407 g/mol. The lowest BCUT2D eigenvalue weighted by Gasteiger charge is -2.38. The van der Waals surface area contributed by atoms with Gasteiger partial charge in [0.15, 0.2) is 0 Å². The van der Waals surface area contributed by atoms with Gasteiger partial charge in [0, 0.05) is 32.1 Å². The molecule has 9 heteroatoms. The van der Waals surface area contributed by atoms with Crippen LogP contribution in [-0.2, 0) is 14.4 Å². The minimum Gasteiger partial charge on any atom is -0.492 e. The highest BCUT2D eigenvalue weighted by Crippen LogP contribution is 2.29. The molecule has 2 heterocycles. The van der Waals surface area contributed by atoms with E-state index in [0.717, 1.165) is 63.5 Å². The second-order valence-corrected chi connectivity index (χ2v) is 6.85. The number of nitrogens with zero attached hydrogens (tertiary/aromatic N) is 2. The molecule has 0 unspecified atom stereocenters. The smallest absolute Gasteiger partial charge is 0.414 e. The number of anilines is 1. The van der Waals surface area contributed by atoms with Crippen LogP contribution >= 0.6 is 0 Å². The largest absolute Gasteiger partial charge is 0.492 e. The van der Waals surface area contributed by atoms with Crippen LogP contribution in [0.3, 0.4) is 0 Å². The predicted molar refractivity (Wildman–Crippen MR) is 107 cm³/mol. The van der Waals surface area contributed by atoms with E-state index in [0.29, 0.717) is 12.5 Å². The Hall–Kier alpha value is -2.81. The van der Waals surface area contributed by atoms with Crippen LogP contribution in [0.15, 0.2) is 24.3 Å². The molecule has 1 aromatic carbocycles. The number of ether oxygens (including phenoxy) is 1. The Balaban J connectivity index is 0.000000438. The van der Waals surface area contributed by atoms with Gasteiger partial charge in [-0.2, -0.15) is 0 Å². The monoisotopic (exact) mass is 407 g/mol. The van der Waals surface area contributed by atoms with Crippen LogP contribution in [0.4, 0.5) is 5.69 Å². The number of carboxylic acids is 2. The highest BCUT2D eigenvalue weighted by atomic mass is 16.5. The molecule has 2 aliphatic rings. The molecular formula is C20H29N3O6. The number of amides is 1. The Morgan fingerprint density at radius 2 is 1.62 bits per heavy atom. The summed E-state index contributed by atoms with van der Waals surface area (Å²) in [6.07, 6.45) is 1.96. The molecule has 1 aromatic rings. The predicted octanol–water partition coefficient (Wildman–Crippen LogP) is 0.889. The highest BCUT2D eigenvalue weighted by Gasteiger charge is 2.28. The van der Waals surface area contributed by atoms with Crippen molar-refractivity contribution in [1.82, 2.24) is 10.2 Å². The molecule has 3 N–H and O–H groups in total. The summed E-state index contributed by atoms with van der Waals surface area (Å²) < 4.78 is 5.73. The van der Waals surface area contributed by atoms with Crippen LogP contribution in [0.5, 0.6) is 5.75 Å². The summed E-state index contributed by atoms with van der Waals surface area (Å²) >= 11 is 0. The van der Waals surface area contributed by atoms with Crippen LogP contribution in [0.2, 0.25) is 0 Å². The number of carbonyl (C=O) groups is 3. The summed E-state index contributed by atoms with van der Waals surface area (Å²) in [6.45, 7) is 7.99. The van der Waals surface area contributed by atoms with Crippen LogP contribution < -0.4 is 15.0 Å². The molecule has 0 atom stereocenters. The standard InChI is InChI=1S/C18H27N3O2.C2H2O4/c1-2-23-17-6-4-3-5-16(17)20-11-13-21(14-12-20)18(22)15-7-9-19-10-8-15;3-1(4)2(5)6/h3-6,15,19H,2,7-14H2,1H3;(H,3,4)(H,5,6). The quantitative estimate of drug-likeness (QED) is 0.630. The molecule has 3 rings (SSSR count). The van der Waals surface area contributed by atoms with Gasteiger partial charge in [-0.25, -0.2) is 9.59 Å². The summed E-state index contributed by atoms with van der Waals surface area (Å²) in [5, 5.41) is 18.1. The van der Waals surface area contributed by atoms with E-state index in [4.69, 9.17) is 24.5 Å². The summed E-state index contributed by atoms with van der Waals surface area (Å²) in [4.78, 5) is 35.2. The SMILES string of the molecule is CCOc1ccccc1N1CCN(C(=O)C2CCNCC2)CC1.O=C(O)C(=O)O. The van der Waals surface area contributed by atoms with Crippen LogP contribution in [0.25, 0.3) is 0 Å². The zero-order valence-corrected chi connectivity index (χ0v) is 16.7.